The van der Waals surface area contributed by atoms with Crippen LogP contribution in [0.15, 0.2) is 66.7 Å². The van der Waals surface area contributed by atoms with Gasteiger partial charge in [0.15, 0.2) is 5.69 Å². The van der Waals surface area contributed by atoms with Crippen LogP contribution in [0.5, 0.6) is 5.75 Å². The zero-order chi connectivity index (χ0) is 39.1. The van der Waals surface area contributed by atoms with Crippen LogP contribution in [0, 0.1) is 6.57 Å². The number of likely N-dealkylation sites (tertiary alicyclic amines) is 1. The lowest BCUT2D eigenvalue weighted by Crippen LogP contribution is -2.44. The summed E-state index contributed by atoms with van der Waals surface area (Å²) in [5.41, 5.74) is 2.28. The minimum absolute atomic E-state index is 0.000342. The van der Waals surface area contributed by atoms with E-state index in [4.69, 9.17) is 25.8 Å². The highest BCUT2D eigenvalue weighted by atomic mass is 16.6. The lowest BCUT2D eigenvalue weighted by Gasteiger charge is -2.33. The summed E-state index contributed by atoms with van der Waals surface area (Å²) in [6, 6.07) is 18.7. The molecule has 1 aliphatic carbocycles. The van der Waals surface area contributed by atoms with Gasteiger partial charge in [0.05, 0.1) is 36.8 Å². The second-order valence-electron chi connectivity index (χ2n) is 15.0. The number of esters is 1. The van der Waals surface area contributed by atoms with Crippen molar-refractivity contribution in [2.75, 3.05) is 25.1 Å². The van der Waals surface area contributed by atoms with E-state index in [-0.39, 0.29) is 43.1 Å². The highest BCUT2D eigenvalue weighted by molar-refractivity contribution is 6.06. The third-order valence-corrected chi connectivity index (χ3v) is 9.85. The molecule has 1 saturated heterocycles. The van der Waals surface area contributed by atoms with E-state index in [1.165, 1.54) is 13.5 Å². The summed E-state index contributed by atoms with van der Waals surface area (Å²) in [6.45, 7) is 14.1. The molecule has 2 heterocycles. The van der Waals surface area contributed by atoms with Gasteiger partial charge in [-0.05, 0) is 94.3 Å². The summed E-state index contributed by atoms with van der Waals surface area (Å²) in [5.74, 6) is 0.0733. The van der Waals surface area contributed by atoms with Crippen LogP contribution in [-0.4, -0.2) is 76.3 Å². The molecule has 0 atom stereocenters. The van der Waals surface area contributed by atoms with Crippen LogP contribution in [0.4, 0.5) is 16.2 Å². The molecular formula is C42H48N6O7. The molecule has 6 rings (SSSR count). The number of piperidine rings is 1. The number of carbonyl (C=O) groups excluding carboxylic acids is 4. The van der Waals surface area contributed by atoms with Crippen molar-refractivity contribution < 1.29 is 33.4 Å². The Bertz CT molecular complexity index is 2050. The van der Waals surface area contributed by atoms with E-state index in [1.54, 1.807) is 76.5 Å². The van der Waals surface area contributed by atoms with E-state index in [9.17, 15) is 19.2 Å². The Kier molecular flexibility index (Phi) is 12.0. The molecule has 3 amide bonds. The zero-order valence-corrected chi connectivity index (χ0v) is 31.9. The van der Waals surface area contributed by atoms with Gasteiger partial charge in [-0.3, -0.25) is 9.59 Å². The molecule has 0 radical (unpaired) electrons. The van der Waals surface area contributed by atoms with Crippen molar-refractivity contribution in [3.8, 4) is 5.75 Å². The maximum Gasteiger partial charge on any atom is 0.410 e. The van der Waals surface area contributed by atoms with Gasteiger partial charge in [0, 0.05) is 43.2 Å². The second-order valence-corrected chi connectivity index (χ2v) is 15.0. The quantitative estimate of drug-likeness (QED) is 0.131. The number of hydrogen-bond donors (Lipinski definition) is 1. The number of nitrogens with zero attached hydrogens (tertiary/aromatic N) is 5. The number of methoxy groups -OCH3 is 1. The molecule has 2 fully saturated rings. The van der Waals surface area contributed by atoms with E-state index >= 15 is 0 Å². The molecule has 13 nitrogen and oxygen atoms in total. The minimum atomic E-state index is -0.564. The molecule has 0 unspecified atom stereocenters. The SMILES string of the molecule is [C-]#[N+]c1ccc2c(c1)nc(CN(C(=O)c1ccc(C(=O)OC)cc1)c1ccc(OC3CCN(C(=O)OC(C)(C)C)CC3)cc1)n2CC(=O)NC1CCCCC1. The van der Waals surface area contributed by atoms with E-state index < -0.39 is 11.6 Å². The summed E-state index contributed by atoms with van der Waals surface area (Å²) in [5, 5.41) is 3.19. The summed E-state index contributed by atoms with van der Waals surface area (Å²) in [4.78, 5) is 64.2. The normalized spacial score (nSPS) is 15.2. The average Bonchev–Trinajstić information content (AvgIpc) is 3.52. The van der Waals surface area contributed by atoms with Crippen LogP contribution in [0.25, 0.3) is 15.9 Å². The van der Waals surface area contributed by atoms with Gasteiger partial charge in [-0.25, -0.2) is 19.4 Å². The fourth-order valence-electron chi connectivity index (χ4n) is 7.02. The largest absolute Gasteiger partial charge is 0.490 e. The van der Waals surface area contributed by atoms with E-state index in [2.05, 4.69) is 10.2 Å². The van der Waals surface area contributed by atoms with Gasteiger partial charge in [0.25, 0.3) is 5.91 Å². The van der Waals surface area contributed by atoms with Crippen LogP contribution in [0.1, 0.15) is 92.3 Å². The monoisotopic (exact) mass is 748 g/mol. The number of hydrogen-bond acceptors (Lipinski definition) is 8. The van der Waals surface area contributed by atoms with E-state index in [0.717, 1.165) is 25.7 Å². The number of benzene rings is 3. The number of amides is 3. The molecule has 1 aromatic heterocycles. The van der Waals surface area contributed by atoms with Gasteiger partial charge >= 0.3 is 12.1 Å². The maximum absolute atomic E-state index is 14.4. The van der Waals surface area contributed by atoms with Gasteiger partial charge in [-0.1, -0.05) is 25.3 Å². The highest BCUT2D eigenvalue weighted by Crippen LogP contribution is 2.29. The fraction of sp³-hybridized carbons (Fsp3) is 0.429. The molecule has 55 heavy (non-hydrogen) atoms. The number of carbonyl (C=O) groups is 4. The maximum atomic E-state index is 14.4. The van der Waals surface area contributed by atoms with Crippen LogP contribution >= 0.6 is 0 Å². The van der Waals surface area contributed by atoms with Gasteiger partial charge < -0.3 is 33.9 Å². The lowest BCUT2D eigenvalue weighted by molar-refractivity contribution is -0.122. The van der Waals surface area contributed by atoms with Crippen LogP contribution in [-0.2, 0) is 27.4 Å². The van der Waals surface area contributed by atoms with Gasteiger partial charge in [0.1, 0.15) is 29.8 Å². The Morgan fingerprint density at radius 3 is 2.22 bits per heavy atom. The zero-order valence-electron chi connectivity index (χ0n) is 31.9. The minimum Gasteiger partial charge on any atom is -0.490 e. The molecule has 288 valence electrons. The number of aromatic nitrogens is 2. The highest BCUT2D eigenvalue weighted by Gasteiger charge is 2.29. The van der Waals surface area contributed by atoms with Gasteiger partial charge in [-0.15, -0.1) is 0 Å². The standard InChI is InChI=1S/C42H48N6O7/c1-42(2,3)55-41(52)46-23-21-34(22-24-46)54-33-18-16-32(17-19-33)47(39(50)28-11-13-29(14-12-28)40(51)53-5)26-37-45-35-25-31(43-4)15-20-36(35)48(37)27-38(49)44-30-9-7-6-8-10-30/h11-20,25,30,34H,6-10,21-24,26-27H2,1-3,5H3,(H,44,49). The molecule has 1 aliphatic heterocycles. The number of ether oxygens (including phenoxy) is 3. The molecule has 3 aromatic carbocycles. The summed E-state index contributed by atoms with van der Waals surface area (Å²) < 4.78 is 18.5. The number of nitrogens with one attached hydrogen (secondary N) is 1. The Hall–Kier alpha value is -5.90. The first-order valence-corrected chi connectivity index (χ1v) is 18.8. The smallest absolute Gasteiger partial charge is 0.410 e. The van der Waals surface area contributed by atoms with Gasteiger partial charge in [-0.2, -0.15) is 0 Å². The van der Waals surface area contributed by atoms with Crippen LogP contribution in [0.2, 0.25) is 0 Å². The second kappa shape index (κ2) is 17.1. The first kappa shape index (κ1) is 38.8. The van der Waals surface area contributed by atoms with Crippen molar-refractivity contribution in [1.29, 1.82) is 0 Å². The van der Waals surface area contributed by atoms with Crippen molar-refractivity contribution in [3.63, 3.8) is 0 Å². The Morgan fingerprint density at radius 2 is 1.58 bits per heavy atom. The third kappa shape index (κ3) is 9.81. The summed E-state index contributed by atoms with van der Waals surface area (Å²) in [6.07, 6.45) is 6.08. The lowest BCUT2D eigenvalue weighted by atomic mass is 9.95. The Labute approximate surface area is 321 Å². The molecule has 1 saturated carbocycles. The first-order valence-electron chi connectivity index (χ1n) is 18.8. The van der Waals surface area contributed by atoms with Gasteiger partial charge in [0.2, 0.25) is 5.91 Å². The molecule has 2 aliphatic rings. The van der Waals surface area contributed by atoms with Crippen molar-refractivity contribution in [3.05, 3.63) is 95.1 Å². The Balaban J connectivity index is 1.26. The number of anilines is 1. The third-order valence-electron chi connectivity index (χ3n) is 9.85. The molecule has 0 bridgehead atoms. The summed E-state index contributed by atoms with van der Waals surface area (Å²) >= 11 is 0. The van der Waals surface area contributed by atoms with Crippen LogP contribution < -0.4 is 15.0 Å². The number of imidazole rings is 1. The topological polar surface area (TPSA) is 137 Å². The number of rotatable bonds is 10. The molecule has 13 heteroatoms. The molecule has 1 N–H and O–H groups in total. The average molecular weight is 749 g/mol. The first-order chi connectivity index (χ1) is 26.4. The number of fused-ring (bicyclic) bond motifs is 1. The molecule has 0 spiro atoms. The predicted molar refractivity (Wildman–Crippen MR) is 207 cm³/mol. The molecule has 4 aromatic rings. The van der Waals surface area contributed by atoms with Crippen molar-refractivity contribution in [2.24, 2.45) is 0 Å². The summed E-state index contributed by atoms with van der Waals surface area (Å²) in [7, 11) is 1.30. The van der Waals surface area contributed by atoms with Crippen molar-refractivity contribution >= 4 is 46.3 Å². The Morgan fingerprint density at radius 1 is 0.909 bits per heavy atom. The van der Waals surface area contributed by atoms with E-state index in [1.807, 2.05) is 25.3 Å². The predicted octanol–water partition coefficient (Wildman–Crippen LogP) is 7.45. The fourth-order valence-corrected chi connectivity index (χ4v) is 7.02. The van der Waals surface area contributed by atoms with Crippen molar-refractivity contribution in [2.45, 2.75) is 96.6 Å². The van der Waals surface area contributed by atoms with Crippen LogP contribution in [0.3, 0.4) is 0 Å². The van der Waals surface area contributed by atoms with E-state index in [0.29, 0.717) is 71.0 Å². The van der Waals surface area contributed by atoms with Crippen molar-refractivity contribution in [1.82, 2.24) is 19.8 Å². The molecular weight excluding hydrogens is 700 g/mol.